The molecule has 1 aliphatic carbocycles. The van der Waals surface area contributed by atoms with Crippen molar-refractivity contribution in [1.82, 2.24) is 4.90 Å². The van der Waals surface area contributed by atoms with Crippen molar-refractivity contribution in [2.24, 2.45) is 17.1 Å². The predicted molar refractivity (Wildman–Crippen MR) is 121 cm³/mol. The van der Waals surface area contributed by atoms with Crippen molar-refractivity contribution >= 4 is 15.9 Å². The van der Waals surface area contributed by atoms with Gasteiger partial charge in [-0.25, -0.2) is 0 Å². The molecule has 2 aromatic carbocycles. The molecular formula is C25H20BrN5. The van der Waals surface area contributed by atoms with Gasteiger partial charge in [0.25, 0.3) is 0 Å². The Hall–Kier alpha value is -3.37. The maximum absolute atomic E-state index is 10.2. The van der Waals surface area contributed by atoms with Crippen molar-refractivity contribution in [3.8, 4) is 18.2 Å². The van der Waals surface area contributed by atoms with E-state index in [1.807, 2.05) is 48.5 Å². The van der Waals surface area contributed by atoms with Gasteiger partial charge in [-0.15, -0.1) is 0 Å². The Morgan fingerprint density at radius 1 is 1.03 bits per heavy atom. The summed E-state index contributed by atoms with van der Waals surface area (Å²) in [4.78, 5) is 2.28. The fraction of sp³-hybridized carbons (Fsp3) is 0.240. The van der Waals surface area contributed by atoms with Crippen LogP contribution in [0.4, 0.5) is 0 Å². The summed E-state index contributed by atoms with van der Waals surface area (Å²) in [6.45, 7) is 2.06. The molecule has 4 rings (SSSR count). The van der Waals surface area contributed by atoms with Gasteiger partial charge in [0.15, 0.2) is 5.41 Å². The fourth-order valence-electron chi connectivity index (χ4n) is 4.76. The second-order valence-corrected chi connectivity index (χ2v) is 8.82. The minimum absolute atomic E-state index is 0.0620. The molecule has 6 heteroatoms. The van der Waals surface area contributed by atoms with Crippen LogP contribution in [-0.4, -0.2) is 18.0 Å². The molecule has 31 heavy (non-hydrogen) atoms. The van der Waals surface area contributed by atoms with Crippen molar-refractivity contribution < 1.29 is 0 Å². The number of halogens is 1. The summed E-state index contributed by atoms with van der Waals surface area (Å²) in [5.74, 6) is -0.669. The van der Waals surface area contributed by atoms with Gasteiger partial charge in [0.2, 0.25) is 0 Å². The molecule has 2 aliphatic rings. The smallest absolute Gasteiger partial charge is 0.191 e. The van der Waals surface area contributed by atoms with E-state index in [2.05, 4.69) is 51.2 Å². The summed E-state index contributed by atoms with van der Waals surface area (Å²) in [5.41, 5.74) is 8.00. The largest absolute Gasteiger partial charge is 0.399 e. The topological polar surface area (TPSA) is 101 Å². The standard InChI is InChI=1S/C25H20BrN5/c26-19-8-6-18(7-9-19)23-22-14-31(13-17-4-2-1-3-5-17)11-10-20(22)21(12-27)24(30)25(23,15-28)16-29/h1-10,22-23H,11,13-14,30H2/t22-,23-/m1/s1. The first-order chi connectivity index (χ1) is 15.0. The van der Waals surface area contributed by atoms with E-state index in [4.69, 9.17) is 5.73 Å². The Morgan fingerprint density at radius 3 is 2.32 bits per heavy atom. The zero-order valence-corrected chi connectivity index (χ0v) is 18.4. The maximum atomic E-state index is 10.2. The van der Waals surface area contributed by atoms with Crippen molar-refractivity contribution in [2.45, 2.75) is 12.5 Å². The van der Waals surface area contributed by atoms with Crippen molar-refractivity contribution in [3.05, 3.63) is 93.1 Å². The second-order valence-electron chi connectivity index (χ2n) is 7.91. The van der Waals surface area contributed by atoms with Crippen LogP contribution >= 0.6 is 15.9 Å². The monoisotopic (exact) mass is 469 g/mol. The summed E-state index contributed by atoms with van der Waals surface area (Å²) in [6.07, 6.45) is 2.03. The van der Waals surface area contributed by atoms with Crippen molar-refractivity contribution in [3.63, 3.8) is 0 Å². The number of fused-ring (bicyclic) bond motifs is 1. The summed E-state index contributed by atoms with van der Waals surface area (Å²) in [5, 5.41) is 30.2. The van der Waals surface area contributed by atoms with Crippen LogP contribution in [0.25, 0.3) is 0 Å². The zero-order chi connectivity index (χ0) is 22.0. The van der Waals surface area contributed by atoms with E-state index in [-0.39, 0.29) is 17.2 Å². The first-order valence-electron chi connectivity index (χ1n) is 9.99. The minimum Gasteiger partial charge on any atom is -0.399 e. The molecule has 0 unspecified atom stereocenters. The summed E-state index contributed by atoms with van der Waals surface area (Å²) >= 11 is 3.45. The van der Waals surface area contributed by atoms with Gasteiger partial charge >= 0.3 is 0 Å². The normalized spacial score (nSPS) is 22.5. The quantitative estimate of drug-likeness (QED) is 0.718. The Labute approximate surface area is 190 Å². The number of nitriles is 3. The lowest BCUT2D eigenvalue weighted by molar-refractivity contribution is 0.201. The van der Waals surface area contributed by atoms with E-state index in [0.717, 1.165) is 22.2 Å². The van der Waals surface area contributed by atoms with Crippen LogP contribution in [0.3, 0.4) is 0 Å². The van der Waals surface area contributed by atoms with E-state index >= 15 is 0 Å². The van der Waals surface area contributed by atoms with E-state index in [1.54, 1.807) is 0 Å². The maximum Gasteiger partial charge on any atom is 0.191 e. The average molecular weight is 470 g/mol. The average Bonchev–Trinajstić information content (AvgIpc) is 2.80. The van der Waals surface area contributed by atoms with E-state index < -0.39 is 11.3 Å². The van der Waals surface area contributed by atoms with Crippen LogP contribution in [0.1, 0.15) is 17.0 Å². The molecule has 0 aromatic heterocycles. The number of benzene rings is 2. The van der Waals surface area contributed by atoms with Gasteiger partial charge in [0.05, 0.1) is 23.4 Å². The lowest BCUT2D eigenvalue weighted by Gasteiger charge is -2.45. The highest BCUT2D eigenvalue weighted by Gasteiger charge is 2.54. The van der Waals surface area contributed by atoms with Gasteiger partial charge in [-0.3, -0.25) is 4.90 Å². The molecule has 1 heterocycles. The molecule has 1 aliphatic heterocycles. The number of nitrogens with zero attached hydrogens (tertiary/aromatic N) is 4. The third-order valence-electron chi connectivity index (χ3n) is 6.22. The third kappa shape index (κ3) is 3.53. The van der Waals surface area contributed by atoms with Crippen LogP contribution in [0, 0.1) is 45.3 Å². The summed E-state index contributed by atoms with van der Waals surface area (Å²) in [6, 6.07) is 24.4. The lowest BCUT2D eigenvalue weighted by atomic mass is 9.58. The van der Waals surface area contributed by atoms with Gasteiger partial charge in [0.1, 0.15) is 6.07 Å². The number of hydrogen-bond donors (Lipinski definition) is 1. The molecular weight excluding hydrogens is 450 g/mol. The molecule has 5 nitrogen and oxygen atoms in total. The van der Waals surface area contributed by atoms with E-state index in [0.29, 0.717) is 13.1 Å². The predicted octanol–water partition coefficient (Wildman–Crippen LogP) is 4.37. The minimum atomic E-state index is -1.60. The molecule has 0 bridgehead atoms. The van der Waals surface area contributed by atoms with Gasteiger partial charge in [-0.1, -0.05) is 64.5 Å². The lowest BCUT2D eigenvalue weighted by Crippen LogP contribution is -2.47. The highest BCUT2D eigenvalue weighted by molar-refractivity contribution is 9.10. The number of rotatable bonds is 3. The van der Waals surface area contributed by atoms with Crippen LogP contribution < -0.4 is 5.73 Å². The molecule has 0 spiro atoms. The van der Waals surface area contributed by atoms with E-state index in [9.17, 15) is 15.8 Å². The second kappa shape index (κ2) is 8.40. The van der Waals surface area contributed by atoms with Gasteiger partial charge in [-0.05, 0) is 28.8 Å². The number of allylic oxidation sites excluding steroid dienone is 2. The Kier molecular flexibility index (Phi) is 5.66. The molecule has 2 aromatic rings. The Morgan fingerprint density at radius 2 is 1.71 bits per heavy atom. The molecule has 2 atom stereocenters. The fourth-order valence-corrected chi connectivity index (χ4v) is 5.02. The molecule has 0 radical (unpaired) electrons. The molecule has 0 saturated carbocycles. The van der Waals surface area contributed by atoms with Gasteiger partial charge in [0, 0.05) is 35.9 Å². The zero-order valence-electron chi connectivity index (χ0n) is 16.8. The van der Waals surface area contributed by atoms with Crippen LogP contribution in [0.15, 0.2) is 82.0 Å². The van der Waals surface area contributed by atoms with Crippen molar-refractivity contribution in [1.29, 1.82) is 15.8 Å². The Bertz CT molecular complexity index is 1160. The summed E-state index contributed by atoms with van der Waals surface area (Å²) in [7, 11) is 0. The first kappa shape index (κ1) is 20.9. The van der Waals surface area contributed by atoms with Crippen LogP contribution in [0.2, 0.25) is 0 Å². The molecule has 0 saturated heterocycles. The van der Waals surface area contributed by atoms with Crippen LogP contribution in [0.5, 0.6) is 0 Å². The molecule has 152 valence electrons. The third-order valence-corrected chi connectivity index (χ3v) is 6.75. The highest BCUT2D eigenvalue weighted by Crippen LogP contribution is 2.54. The highest BCUT2D eigenvalue weighted by atomic mass is 79.9. The Balaban J connectivity index is 1.84. The van der Waals surface area contributed by atoms with Crippen molar-refractivity contribution in [2.75, 3.05) is 13.1 Å². The molecule has 2 N–H and O–H groups in total. The van der Waals surface area contributed by atoms with Gasteiger partial charge < -0.3 is 5.73 Å². The van der Waals surface area contributed by atoms with E-state index in [1.165, 1.54) is 5.56 Å². The SMILES string of the molecule is N#CC1=C(N)C(C#N)(C#N)[C@H](c2ccc(Br)cc2)[C@@H]2CN(Cc3ccccc3)CC=C12. The molecule has 0 amide bonds. The van der Waals surface area contributed by atoms with Crippen LogP contribution in [-0.2, 0) is 6.54 Å². The summed E-state index contributed by atoms with van der Waals surface area (Å²) < 4.78 is 0.915. The first-order valence-corrected chi connectivity index (χ1v) is 10.8. The molecule has 0 fully saturated rings. The number of nitrogens with two attached hydrogens (primary N) is 1. The number of hydrogen-bond acceptors (Lipinski definition) is 5. The van der Waals surface area contributed by atoms with Gasteiger partial charge in [-0.2, -0.15) is 15.8 Å².